The summed E-state index contributed by atoms with van der Waals surface area (Å²) in [6.07, 6.45) is -2.15. The highest BCUT2D eigenvalue weighted by molar-refractivity contribution is 7.91. The van der Waals surface area contributed by atoms with Gasteiger partial charge in [-0.1, -0.05) is 30.3 Å². The number of imide groups is 1. The van der Waals surface area contributed by atoms with E-state index in [1.165, 1.54) is 23.4 Å². The Morgan fingerprint density at radius 2 is 1.69 bits per heavy atom. The van der Waals surface area contributed by atoms with Crippen LogP contribution in [-0.4, -0.2) is 43.1 Å². The Labute approximate surface area is 204 Å². The number of ether oxygens (including phenoxy) is 1. The lowest BCUT2D eigenvalue weighted by molar-refractivity contribution is -0.274. The number of urea groups is 1. The number of halogens is 3. The predicted octanol–water partition coefficient (Wildman–Crippen LogP) is 3.89. The van der Waals surface area contributed by atoms with Gasteiger partial charge in [0.15, 0.2) is 0 Å². The molecule has 1 aliphatic heterocycles. The van der Waals surface area contributed by atoms with Crippen LogP contribution in [0.15, 0.2) is 73.1 Å². The molecule has 0 radical (unpaired) electrons. The highest BCUT2D eigenvalue weighted by Gasteiger charge is 2.38. The first-order valence-electron chi connectivity index (χ1n) is 10.5. The number of benzene rings is 2. The minimum absolute atomic E-state index is 0.0699. The fourth-order valence-corrected chi connectivity index (χ4v) is 4.80. The van der Waals surface area contributed by atoms with Crippen molar-refractivity contribution in [1.29, 1.82) is 0 Å². The van der Waals surface area contributed by atoms with Gasteiger partial charge in [0.1, 0.15) is 12.3 Å². The van der Waals surface area contributed by atoms with E-state index in [0.717, 1.165) is 29.2 Å². The molecule has 2 aromatic carbocycles. The smallest absolute Gasteiger partial charge is 0.406 e. The zero-order chi connectivity index (χ0) is 25.9. The number of anilines is 2. The summed E-state index contributed by atoms with van der Waals surface area (Å²) in [6.45, 7) is -0.416. The number of carbonyl (C=O) groups excluding carboxylic acids is 2. The van der Waals surface area contributed by atoms with Crippen molar-refractivity contribution >= 4 is 33.3 Å². The molecule has 0 saturated carbocycles. The number of sulfonamides is 1. The molecule has 1 N–H and O–H groups in total. The third-order valence-corrected chi connectivity index (χ3v) is 6.35. The highest BCUT2D eigenvalue weighted by atomic mass is 32.2. The number of pyridine rings is 1. The molecule has 3 aromatic rings. The van der Waals surface area contributed by atoms with E-state index >= 15 is 0 Å². The Bertz CT molecular complexity index is 1370. The number of nitrogens with one attached hydrogen (secondary N) is 1. The molecule has 1 aliphatic rings. The van der Waals surface area contributed by atoms with Gasteiger partial charge in [-0.3, -0.25) is 14.5 Å². The molecule has 3 amide bonds. The van der Waals surface area contributed by atoms with E-state index in [1.807, 2.05) is 0 Å². The molecular weight excluding hydrogens is 501 g/mol. The standard InChI is InChI=1S/C23H19F3N4O5S/c24-23(25,26)35-19-8-6-18(7-9-19)30-21(31)14-29(22(30)32)13-17-10-11-27-12-20(17)28-36(33,34)15-16-4-2-1-3-5-16/h1-12,28H,13-15H2. The number of hydrogen-bond donors (Lipinski definition) is 1. The van der Waals surface area contributed by atoms with E-state index in [4.69, 9.17) is 0 Å². The van der Waals surface area contributed by atoms with E-state index in [1.54, 1.807) is 30.3 Å². The number of amides is 3. The molecule has 188 valence electrons. The lowest BCUT2D eigenvalue weighted by Gasteiger charge is -2.19. The molecule has 0 unspecified atom stereocenters. The molecule has 0 spiro atoms. The monoisotopic (exact) mass is 520 g/mol. The highest BCUT2D eigenvalue weighted by Crippen LogP contribution is 2.29. The average Bonchev–Trinajstić information content (AvgIpc) is 3.07. The van der Waals surface area contributed by atoms with Crippen LogP contribution in [0.1, 0.15) is 11.1 Å². The van der Waals surface area contributed by atoms with Gasteiger partial charge in [-0.05, 0) is 41.5 Å². The SMILES string of the molecule is O=C1CN(Cc2ccncc2NS(=O)(=O)Cc2ccccc2)C(=O)N1c1ccc(OC(F)(F)F)cc1. The topological polar surface area (TPSA) is 109 Å². The Morgan fingerprint density at radius 3 is 2.36 bits per heavy atom. The van der Waals surface area contributed by atoms with E-state index in [0.29, 0.717) is 11.1 Å². The van der Waals surface area contributed by atoms with Crippen LogP contribution in [0.3, 0.4) is 0 Å². The number of rotatable bonds is 8. The van der Waals surface area contributed by atoms with Crippen molar-refractivity contribution in [1.82, 2.24) is 9.88 Å². The Balaban J connectivity index is 1.48. The molecule has 0 aliphatic carbocycles. The minimum atomic E-state index is -4.87. The third kappa shape index (κ3) is 6.10. The van der Waals surface area contributed by atoms with Crippen molar-refractivity contribution in [3.63, 3.8) is 0 Å². The lowest BCUT2D eigenvalue weighted by Crippen LogP contribution is -2.33. The predicted molar refractivity (Wildman–Crippen MR) is 123 cm³/mol. The van der Waals surface area contributed by atoms with Gasteiger partial charge in [-0.15, -0.1) is 13.2 Å². The summed E-state index contributed by atoms with van der Waals surface area (Å²) in [5.41, 5.74) is 1.21. The molecule has 9 nitrogen and oxygen atoms in total. The van der Waals surface area contributed by atoms with Gasteiger partial charge in [0.05, 0.1) is 29.9 Å². The largest absolute Gasteiger partial charge is 0.573 e. The second kappa shape index (κ2) is 9.85. The second-order valence-corrected chi connectivity index (χ2v) is 9.51. The van der Waals surface area contributed by atoms with Crippen molar-refractivity contribution in [3.8, 4) is 5.75 Å². The number of alkyl halides is 3. The van der Waals surface area contributed by atoms with Crippen LogP contribution in [0, 0.1) is 0 Å². The van der Waals surface area contributed by atoms with Crippen LogP contribution in [0.5, 0.6) is 5.75 Å². The Kier molecular flexibility index (Phi) is 6.84. The zero-order valence-electron chi connectivity index (χ0n) is 18.5. The molecule has 0 atom stereocenters. The van der Waals surface area contributed by atoms with Crippen LogP contribution in [0.2, 0.25) is 0 Å². The van der Waals surface area contributed by atoms with E-state index in [9.17, 15) is 31.2 Å². The van der Waals surface area contributed by atoms with Crippen molar-refractivity contribution < 1.29 is 35.9 Å². The zero-order valence-corrected chi connectivity index (χ0v) is 19.3. The summed E-state index contributed by atoms with van der Waals surface area (Å²) in [5.74, 6) is -1.36. The molecule has 0 bridgehead atoms. The number of carbonyl (C=O) groups is 2. The van der Waals surface area contributed by atoms with Gasteiger partial charge in [0.2, 0.25) is 10.0 Å². The lowest BCUT2D eigenvalue weighted by atomic mass is 10.2. The summed E-state index contributed by atoms with van der Waals surface area (Å²) >= 11 is 0. The summed E-state index contributed by atoms with van der Waals surface area (Å²) < 4.78 is 68.7. The first-order chi connectivity index (χ1) is 17.0. The quantitative estimate of drug-likeness (QED) is 0.452. The maximum absolute atomic E-state index is 12.9. The molecule has 1 aromatic heterocycles. The summed E-state index contributed by atoms with van der Waals surface area (Å²) in [7, 11) is -3.80. The average molecular weight is 520 g/mol. The fraction of sp³-hybridized carbons (Fsp3) is 0.174. The molecule has 1 saturated heterocycles. The summed E-state index contributed by atoms with van der Waals surface area (Å²) in [4.78, 5) is 31.4. The maximum Gasteiger partial charge on any atom is 0.573 e. The fourth-order valence-electron chi connectivity index (χ4n) is 3.58. The molecule has 1 fully saturated rings. The number of nitrogens with zero attached hydrogens (tertiary/aromatic N) is 3. The van der Waals surface area contributed by atoms with Crippen LogP contribution in [0.4, 0.5) is 29.3 Å². The van der Waals surface area contributed by atoms with Crippen molar-refractivity contribution in [2.75, 3.05) is 16.2 Å². The van der Waals surface area contributed by atoms with E-state index < -0.39 is 34.1 Å². The third-order valence-electron chi connectivity index (χ3n) is 5.10. The summed E-state index contributed by atoms with van der Waals surface area (Å²) in [6, 6.07) is 13.7. The summed E-state index contributed by atoms with van der Waals surface area (Å²) in [5, 5.41) is 0. The normalized spacial score (nSPS) is 14.3. The van der Waals surface area contributed by atoms with Crippen LogP contribution in [0.25, 0.3) is 0 Å². The molecule has 4 rings (SSSR count). The van der Waals surface area contributed by atoms with Crippen molar-refractivity contribution in [2.24, 2.45) is 0 Å². The van der Waals surface area contributed by atoms with Crippen molar-refractivity contribution in [3.05, 3.63) is 84.2 Å². The number of hydrogen-bond acceptors (Lipinski definition) is 6. The maximum atomic E-state index is 12.9. The van der Waals surface area contributed by atoms with Crippen molar-refractivity contribution in [2.45, 2.75) is 18.7 Å². The molecule has 36 heavy (non-hydrogen) atoms. The number of aromatic nitrogens is 1. The molecular formula is C23H19F3N4O5S. The van der Waals surface area contributed by atoms with Gasteiger partial charge in [0.25, 0.3) is 5.91 Å². The van der Waals surface area contributed by atoms with E-state index in [-0.39, 0.29) is 30.2 Å². The second-order valence-electron chi connectivity index (χ2n) is 7.79. The van der Waals surface area contributed by atoms with Crippen LogP contribution in [-0.2, 0) is 27.1 Å². The van der Waals surface area contributed by atoms with E-state index in [2.05, 4.69) is 14.4 Å². The van der Waals surface area contributed by atoms with Crippen LogP contribution < -0.4 is 14.4 Å². The Morgan fingerprint density at radius 1 is 1.00 bits per heavy atom. The first kappa shape index (κ1) is 25.0. The van der Waals surface area contributed by atoms with Gasteiger partial charge in [-0.2, -0.15) is 0 Å². The van der Waals surface area contributed by atoms with Gasteiger partial charge >= 0.3 is 12.4 Å². The molecule has 13 heteroatoms. The van der Waals surface area contributed by atoms with Gasteiger partial charge < -0.3 is 9.64 Å². The first-order valence-corrected chi connectivity index (χ1v) is 12.1. The van der Waals surface area contributed by atoms with Gasteiger partial charge in [-0.25, -0.2) is 18.1 Å². The van der Waals surface area contributed by atoms with Gasteiger partial charge in [0, 0.05) is 6.20 Å². The molecule has 2 heterocycles. The Hall–Kier alpha value is -4.13. The minimum Gasteiger partial charge on any atom is -0.406 e. The van der Waals surface area contributed by atoms with Crippen LogP contribution >= 0.6 is 0 Å².